The third-order valence-electron chi connectivity index (χ3n) is 2.53. The van der Waals surface area contributed by atoms with E-state index in [2.05, 4.69) is 26.1 Å². The molecule has 1 unspecified atom stereocenters. The van der Waals surface area contributed by atoms with Crippen molar-refractivity contribution in [1.82, 2.24) is 10.1 Å². The highest BCUT2D eigenvalue weighted by Crippen LogP contribution is 2.27. The van der Waals surface area contributed by atoms with Gasteiger partial charge in [-0.15, -0.1) is 0 Å². The maximum atomic E-state index is 13.2. The van der Waals surface area contributed by atoms with Gasteiger partial charge in [-0.1, -0.05) is 34.4 Å². The third-order valence-corrected chi connectivity index (χ3v) is 3.22. The van der Waals surface area contributed by atoms with E-state index >= 15 is 0 Å². The van der Waals surface area contributed by atoms with E-state index in [0.717, 1.165) is 12.8 Å². The Morgan fingerprint density at radius 3 is 3.00 bits per heavy atom. The van der Waals surface area contributed by atoms with E-state index in [9.17, 15) is 4.39 Å². The van der Waals surface area contributed by atoms with E-state index < -0.39 is 0 Å². The van der Waals surface area contributed by atoms with Gasteiger partial charge in [-0.25, -0.2) is 4.39 Å². The Labute approximate surface area is 113 Å². The molecule has 2 N–H and O–H groups in total. The van der Waals surface area contributed by atoms with Crippen molar-refractivity contribution in [1.29, 1.82) is 0 Å². The largest absolute Gasteiger partial charge is 0.337 e. The number of benzene rings is 1. The average Bonchev–Trinajstić information content (AvgIpc) is 2.82. The summed E-state index contributed by atoms with van der Waals surface area (Å²) in [7, 11) is 0. The molecule has 1 aromatic carbocycles. The van der Waals surface area contributed by atoms with Crippen LogP contribution in [0.3, 0.4) is 0 Å². The third kappa shape index (κ3) is 2.76. The quantitative estimate of drug-likeness (QED) is 0.939. The predicted octanol–water partition coefficient (Wildman–Crippen LogP) is 3.44. The van der Waals surface area contributed by atoms with Gasteiger partial charge in [0, 0.05) is 10.0 Å². The molecule has 0 saturated carbocycles. The lowest BCUT2D eigenvalue weighted by Gasteiger charge is -2.02. The second-order valence-corrected chi connectivity index (χ2v) is 4.83. The van der Waals surface area contributed by atoms with Crippen LogP contribution in [-0.2, 0) is 0 Å². The molecule has 0 aliphatic carbocycles. The van der Waals surface area contributed by atoms with Crippen LogP contribution in [0, 0.1) is 5.82 Å². The first-order chi connectivity index (χ1) is 8.61. The zero-order valence-corrected chi connectivity index (χ0v) is 11.4. The van der Waals surface area contributed by atoms with Gasteiger partial charge in [0.05, 0.1) is 6.04 Å². The first kappa shape index (κ1) is 13.2. The van der Waals surface area contributed by atoms with Crippen molar-refractivity contribution in [3.05, 3.63) is 34.4 Å². The fraction of sp³-hybridized carbons (Fsp3) is 0.333. The first-order valence-electron chi connectivity index (χ1n) is 5.66. The second-order valence-electron chi connectivity index (χ2n) is 3.98. The normalized spacial score (nSPS) is 12.7. The average molecular weight is 314 g/mol. The molecule has 0 fully saturated rings. The van der Waals surface area contributed by atoms with Crippen LogP contribution >= 0.6 is 15.9 Å². The molecule has 0 amide bonds. The number of nitrogens with zero attached hydrogens (tertiary/aromatic N) is 2. The van der Waals surface area contributed by atoms with Gasteiger partial charge >= 0.3 is 0 Å². The van der Waals surface area contributed by atoms with E-state index in [1.807, 2.05) is 6.92 Å². The zero-order chi connectivity index (χ0) is 13.1. The van der Waals surface area contributed by atoms with Crippen molar-refractivity contribution in [2.45, 2.75) is 25.8 Å². The molecule has 0 aliphatic heterocycles. The van der Waals surface area contributed by atoms with E-state index in [-0.39, 0.29) is 11.9 Å². The molecule has 0 aliphatic rings. The van der Waals surface area contributed by atoms with Gasteiger partial charge in [0.15, 0.2) is 0 Å². The Morgan fingerprint density at radius 2 is 2.28 bits per heavy atom. The smallest absolute Gasteiger partial charge is 0.243 e. The molecule has 1 heterocycles. The Balaban J connectivity index is 2.32. The molecule has 0 spiro atoms. The molecular weight excluding hydrogens is 301 g/mol. The molecular formula is C12H13BrFN3O. The summed E-state index contributed by atoms with van der Waals surface area (Å²) in [5.74, 6) is 0.364. The number of rotatable bonds is 4. The van der Waals surface area contributed by atoms with Gasteiger partial charge in [0.1, 0.15) is 5.82 Å². The topological polar surface area (TPSA) is 64.9 Å². The minimum atomic E-state index is -0.350. The number of halogens is 2. The van der Waals surface area contributed by atoms with Gasteiger partial charge in [0.25, 0.3) is 0 Å². The molecule has 0 radical (unpaired) electrons. The highest BCUT2D eigenvalue weighted by atomic mass is 79.9. The zero-order valence-electron chi connectivity index (χ0n) is 9.86. The lowest BCUT2D eigenvalue weighted by atomic mass is 10.2. The van der Waals surface area contributed by atoms with E-state index in [1.54, 1.807) is 6.07 Å². The molecule has 2 aromatic rings. The fourth-order valence-corrected chi connectivity index (χ4v) is 2.02. The van der Waals surface area contributed by atoms with Crippen molar-refractivity contribution >= 4 is 15.9 Å². The molecule has 6 heteroatoms. The van der Waals surface area contributed by atoms with Gasteiger partial charge in [0.2, 0.25) is 11.7 Å². The van der Waals surface area contributed by atoms with Gasteiger partial charge in [-0.2, -0.15) is 4.98 Å². The van der Waals surface area contributed by atoms with Gasteiger partial charge < -0.3 is 10.3 Å². The SMILES string of the molecule is CCCC(N)c1nc(-c2cc(F)ccc2Br)no1. The first-order valence-corrected chi connectivity index (χ1v) is 6.45. The second kappa shape index (κ2) is 5.58. The fourth-order valence-electron chi connectivity index (χ4n) is 1.60. The highest BCUT2D eigenvalue weighted by Gasteiger charge is 2.16. The van der Waals surface area contributed by atoms with Crippen molar-refractivity contribution in [2.75, 3.05) is 0 Å². The Bertz CT molecular complexity index is 544. The van der Waals surface area contributed by atoms with Crippen molar-refractivity contribution in [3.63, 3.8) is 0 Å². The monoisotopic (exact) mass is 313 g/mol. The number of hydrogen-bond donors (Lipinski definition) is 1. The summed E-state index contributed by atoms with van der Waals surface area (Å²) in [6.07, 6.45) is 1.70. The number of hydrogen-bond acceptors (Lipinski definition) is 4. The Kier molecular flexibility index (Phi) is 4.08. The maximum absolute atomic E-state index is 13.2. The molecule has 1 aromatic heterocycles. The summed E-state index contributed by atoms with van der Waals surface area (Å²) in [5, 5.41) is 3.83. The summed E-state index contributed by atoms with van der Waals surface area (Å²) in [6, 6.07) is 4.04. The van der Waals surface area contributed by atoms with Crippen molar-refractivity contribution in [3.8, 4) is 11.4 Å². The van der Waals surface area contributed by atoms with Crippen LogP contribution < -0.4 is 5.73 Å². The Hall–Kier alpha value is -1.27. The summed E-state index contributed by atoms with van der Waals surface area (Å²) < 4.78 is 19.0. The van der Waals surface area contributed by atoms with Crippen LogP contribution in [0.1, 0.15) is 31.7 Å². The van der Waals surface area contributed by atoms with Gasteiger partial charge in [-0.05, 0) is 24.6 Å². The molecule has 2 rings (SSSR count). The number of aromatic nitrogens is 2. The minimum absolute atomic E-state index is 0.274. The minimum Gasteiger partial charge on any atom is -0.337 e. The van der Waals surface area contributed by atoms with Crippen LogP contribution in [0.25, 0.3) is 11.4 Å². The number of nitrogens with two attached hydrogens (primary N) is 1. The van der Waals surface area contributed by atoms with Crippen LogP contribution in [0.5, 0.6) is 0 Å². The molecule has 18 heavy (non-hydrogen) atoms. The molecule has 0 bridgehead atoms. The summed E-state index contributed by atoms with van der Waals surface area (Å²) in [6.45, 7) is 2.03. The molecule has 1 atom stereocenters. The van der Waals surface area contributed by atoms with Crippen molar-refractivity contribution < 1.29 is 8.91 Å². The van der Waals surface area contributed by atoms with E-state index in [4.69, 9.17) is 10.3 Å². The lowest BCUT2D eigenvalue weighted by Crippen LogP contribution is -2.09. The molecule has 96 valence electrons. The highest BCUT2D eigenvalue weighted by molar-refractivity contribution is 9.10. The van der Waals surface area contributed by atoms with E-state index in [1.165, 1.54) is 12.1 Å². The molecule has 4 nitrogen and oxygen atoms in total. The molecule has 0 saturated heterocycles. The summed E-state index contributed by atoms with van der Waals surface area (Å²) in [5.41, 5.74) is 6.43. The summed E-state index contributed by atoms with van der Waals surface area (Å²) in [4.78, 5) is 4.20. The predicted molar refractivity (Wildman–Crippen MR) is 69.2 cm³/mol. The van der Waals surface area contributed by atoms with Crippen molar-refractivity contribution in [2.24, 2.45) is 5.73 Å². The van der Waals surface area contributed by atoms with Crippen LogP contribution in [0.15, 0.2) is 27.2 Å². The maximum Gasteiger partial charge on any atom is 0.243 e. The lowest BCUT2D eigenvalue weighted by molar-refractivity contribution is 0.348. The van der Waals surface area contributed by atoms with Crippen LogP contribution in [0.4, 0.5) is 4.39 Å². The van der Waals surface area contributed by atoms with Gasteiger partial charge in [-0.3, -0.25) is 0 Å². The van der Waals surface area contributed by atoms with Crippen LogP contribution in [0.2, 0.25) is 0 Å². The standard InChI is InChI=1S/C12H13BrFN3O/c1-2-3-10(15)12-16-11(17-18-12)8-6-7(14)4-5-9(8)13/h4-6,10H,2-3,15H2,1H3. The van der Waals surface area contributed by atoms with Crippen LogP contribution in [-0.4, -0.2) is 10.1 Å². The summed E-state index contributed by atoms with van der Waals surface area (Å²) >= 11 is 3.32. The van der Waals surface area contributed by atoms with E-state index in [0.29, 0.717) is 21.8 Å². The Morgan fingerprint density at radius 1 is 1.50 bits per heavy atom.